The molecule has 0 saturated heterocycles. The highest BCUT2D eigenvalue weighted by atomic mass is 32.2. The number of ether oxygens (including phenoxy) is 1. The predicted octanol–water partition coefficient (Wildman–Crippen LogP) is 2.86. The number of sulfonamides is 1. The Morgan fingerprint density at radius 3 is 2.56 bits per heavy atom. The number of hydrogen-bond donors (Lipinski definition) is 1. The second kappa shape index (κ2) is 6.65. The van der Waals surface area contributed by atoms with Crippen molar-refractivity contribution in [2.75, 3.05) is 5.32 Å². The van der Waals surface area contributed by atoms with Gasteiger partial charge in [-0.3, -0.25) is 4.98 Å². The molecule has 0 bridgehead atoms. The molecule has 1 aromatic heterocycles. The maximum atomic E-state index is 12.3. The van der Waals surface area contributed by atoms with Gasteiger partial charge in [-0.1, -0.05) is 24.3 Å². The lowest BCUT2D eigenvalue weighted by Crippen LogP contribution is -2.14. The van der Waals surface area contributed by atoms with Crippen LogP contribution in [-0.4, -0.2) is 25.2 Å². The molecule has 0 spiro atoms. The summed E-state index contributed by atoms with van der Waals surface area (Å²) in [6, 6.07) is 16.5. The Hall–Kier alpha value is -3.52. The monoisotopic (exact) mass is 379 g/mol. The zero-order valence-corrected chi connectivity index (χ0v) is 14.7. The van der Waals surface area contributed by atoms with Crippen LogP contribution in [0.25, 0.3) is 0 Å². The third-order valence-corrected chi connectivity index (χ3v) is 5.21. The van der Waals surface area contributed by atoms with Crippen LogP contribution < -0.4 is 10.1 Å². The van der Waals surface area contributed by atoms with E-state index in [1.54, 1.807) is 60.8 Å². The van der Waals surface area contributed by atoms with Gasteiger partial charge in [0.2, 0.25) is 0 Å². The lowest BCUT2D eigenvalue weighted by Gasteiger charge is -2.12. The molecule has 3 aromatic rings. The van der Waals surface area contributed by atoms with Gasteiger partial charge in [0.15, 0.2) is 11.6 Å². The number of pyridine rings is 1. The number of fused-ring (bicyclic) bond motifs is 1. The summed E-state index contributed by atoms with van der Waals surface area (Å²) in [5.74, 6) is -0.148. The number of nitrogens with one attached hydrogen (secondary N) is 1. The second-order valence-electron chi connectivity index (χ2n) is 5.66. The van der Waals surface area contributed by atoms with Gasteiger partial charge < -0.3 is 10.1 Å². The van der Waals surface area contributed by atoms with Crippen LogP contribution >= 0.6 is 0 Å². The molecule has 1 N–H and O–H groups in total. The molecule has 8 heteroatoms. The van der Waals surface area contributed by atoms with Gasteiger partial charge >= 0.3 is 5.97 Å². The Kier molecular flexibility index (Phi) is 4.17. The van der Waals surface area contributed by atoms with Crippen LogP contribution in [-0.2, 0) is 10.0 Å². The second-order valence-corrected chi connectivity index (χ2v) is 7.24. The summed E-state index contributed by atoms with van der Waals surface area (Å²) >= 11 is 0. The van der Waals surface area contributed by atoms with Crippen LogP contribution in [0, 0.1) is 0 Å². The molecule has 0 amide bonds. The predicted molar refractivity (Wildman–Crippen MR) is 99.4 cm³/mol. The Labute approximate surface area is 155 Å². The normalized spacial score (nSPS) is 14.1. The summed E-state index contributed by atoms with van der Waals surface area (Å²) < 4.78 is 33.6. The molecule has 2 heterocycles. The van der Waals surface area contributed by atoms with Gasteiger partial charge in [0, 0.05) is 18.0 Å². The molecule has 27 heavy (non-hydrogen) atoms. The number of hydrogen-bond acceptors (Lipinski definition) is 6. The van der Waals surface area contributed by atoms with E-state index in [-0.39, 0.29) is 16.5 Å². The molecule has 2 aromatic carbocycles. The molecular weight excluding hydrogens is 366 g/mol. The van der Waals surface area contributed by atoms with Gasteiger partial charge in [0.25, 0.3) is 10.0 Å². The smallest absolute Gasteiger partial charge is 0.345 e. The molecule has 1 aliphatic rings. The molecule has 0 fully saturated rings. The number of nitrogens with zero attached hydrogens (tertiary/aromatic N) is 2. The van der Waals surface area contributed by atoms with E-state index in [9.17, 15) is 13.2 Å². The van der Waals surface area contributed by atoms with Gasteiger partial charge in [-0.05, 0) is 36.4 Å². The van der Waals surface area contributed by atoms with Gasteiger partial charge in [-0.25, -0.2) is 4.79 Å². The first kappa shape index (κ1) is 16.9. The molecule has 0 unspecified atom stereocenters. The van der Waals surface area contributed by atoms with Crippen molar-refractivity contribution in [2.45, 2.75) is 4.90 Å². The van der Waals surface area contributed by atoms with Crippen molar-refractivity contribution >= 4 is 27.5 Å². The van der Waals surface area contributed by atoms with E-state index in [0.29, 0.717) is 16.8 Å². The van der Waals surface area contributed by atoms with Crippen LogP contribution in [0.2, 0.25) is 0 Å². The number of aromatic nitrogens is 1. The van der Waals surface area contributed by atoms with E-state index >= 15 is 0 Å². The number of carbonyl (C=O) groups is 1. The summed E-state index contributed by atoms with van der Waals surface area (Å²) in [7, 11) is -3.74. The summed E-state index contributed by atoms with van der Waals surface area (Å²) in [5.41, 5.74) is 1.18. The number of carbonyl (C=O) groups excluding carboxylic acids is 1. The fourth-order valence-electron chi connectivity index (χ4n) is 2.62. The SMILES string of the molecule is O=C(Oc1ccccc1NC1=NS(=O)(=O)c2ccccc21)c1cccnc1. The molecule has 1 aliphatic heterocycles. The minimum atomic E-state index is -3.74. The van der Waals surface area contributed by atoms with Crippen LogP contribution in [0.4, 0.5) is 5.69 Å². The summed E-state index contributed by atoms with van der Waals surface area (Å²) in [6.45, 7) is 0. The van der Waals surface area contributed by atoms with Gasteiger partial charge in [0.05, 0.1) is 11.3 Å². The number of benzene rings is 2. The Bertz CT molecular complexity index is 1160. The van der Waals surface area contributed by atoms with Crippen molar-refractivity contribution in [3.05, 3.63) is 84.2 Å². The molecular formula is C19H13N3O4S. The Morgan fingerprint density at radius 1 is 0.963 bits per heavy atom. The van der Waals surface area contributed by atoms with Crippen LogP contribution in [0.1, 0.15) is 15.9 Å². The summed E-state index contributed by atoms with van der Waals surface area (Å²) in [5, 5.41) is 2.96. The number of anilines is 1. The van der Waals surface area contributed by atoms with Crippen LogP contribution in [0.3, 0.4) is 0 Å². The minimum Gasteiger partial charge on any atom is -0.421 e. The van der Waals surface area contributed by atoms with E-state index in [1.807, 2.05) is 0 Å². The quantitative estimate of drug-likeness (QED) is 0.555. The first-order chi connectivity index (χ1) is 13.0. The first-order valence-corrected chi connectivity index (χ1v) is 9.41. The Morgan fingerprint density at radius 2 is 1.74 bits per heavy atom. The average molecular weight is 379 g/mol. The van der Waals surface area contributed by atoms with E-state index in [1.165, 1.54) is 12.3 Å². The summed E-state index contributed by atoms with van der Waals surface area (Å²) in [4.78, 5) is 16.3. The van der Waals surface area contributed by atoms with Crippen molar-refractivity contribution in [1.82, 2.24) is 4.98 Å². The van der Waals surface area contributed by atoms with Gasteiger partial charge in [0.1, 0.15) is 4.90 Å². The minimum absolute atomic E-state index is 0.136. The maximum absolute atomic E-state index is 12.3. The highest BCUT2D eigenvalue weighted by molar-refractivity contribution is 7.90. The van der Waals surface area contributed by atoms with Crippen LogP contribution in [0.5, 0.6) is 5.75 Å². The number of esters is 1. The fourth-order valence-corrected chi connectivity index (χ4v) is 3.80. The standard InChI is InChI=1S/C19H13N3O4S/c23-19(13-6-5-11-20-12-13)26-16-9-3-2-8-15(16)21-18-14-7-1-4-10-17(14)27(24,25)22-18/h1-12H,(H,21,22). The molecule has 0 atom stereocenters. The van der Waals surface area contributed by atoms with Crippen molar-refractivity contribution < 1.29 is 17.9 Å². The largest absolute Gasteiger partial charge is 0.421 e. The number of para-hydroxylation sites is 2. The Balaban J connectivity index is 1.64. The van der Waals surface area contributed by atoms with Gasteiger partial charge in [-0.2, -0.15) is 8.42 Å². The number of amidine groups is 1. The van der Waals surface area contributed by atoms with E-state index in [0.717, 1.165) is 0 Å². The molecule has 0 saturated carbocycles. The molecule has 0 aliphatic carbocycles. The fraction of sp³-hybridized carbons (Fsp3) is 0. The molecule has 0 radical (unpaired) electrons. The highest BCUT2D eigenvalue weighted by Crippen LogP contribution is 2.30. The van der Waals surface area contributed by atoms with Crippen LogP contribution in [0.15, 0.2) is 82.4 Å². The highest BCUT2D eigenvalue weighted by Gasteiger charge is 2.29. The van der Waals surface area contributed by atoms with Crippen molar-refractivity contribution in [3.8, 4) is 5.75 Å². The maximum Gasteiger partial charge on any atom is 0.345 e. The van der Waals surface area contributed by atoms with Gasteiger partial charge in [-0.15, -0.1) is 4.40 Å². The summed E-state index contributed by atoms with van der Waals surface area (Å²) in [6.07, 6.45) is 2.96. The topological polar surface area (TPSA) is 97.7 Å². The molecule has 134 valence electrons. The third kappa shape index (κ3) is 3.30. The zero-order valence-electron chi connectivity index (χ0n) is 13.9. The van der Waals surface area contributed by atoms with Crippen molar-refractivity contribution in [3.63, 3.8) is 0 Å². The van der Waals surface area contributed by atoms with Crippen molar-refractivity contribution in [1.29, 1.82) is 0 Å². The van der Waals surface area contributed by atoms with E-state index in [4.69, 9.17) is 4.74 Å². The third-order valence-electron chi connectivity index (χ3n) is 3.87. The molecule has 7 nitrogen and oxygen atoms in total. The van der Waals surface area contributed by atoms with E-state index in [2.05, 4.69) is 14.7 Å². The lowest BCUT2D eigenvalue weighted by atomic mass is 10.2. The lowest BCUT2D eigenvalue weighted by molar-refractivity contribution is 0.0735. The number of rotatable bonds is 3. The molecule has 4 rings (SSSR count). The zero-order chi connectivity index (χ0) is 18.9. The van der Waals surface area contributed by atoms with E-state index < -0.39 is 16.0 Å². The average Bonchev–Trinajstić information content (AvgIpc) is 2.94. The van der Waals surface area contributed by atoms with Crippen molar-refractivity contribution in [2.24, 2.45) is 4.40 Å². The first-order valence-electron chi connectivity index (χ1n) is 7.97.